The fraction of sp³-hybridized carbons (Fsp3) is 0.231. The maximum Gasteiger partial charge on any atom is 0.373 e. The highest BCUT2D eigenvalue weighted by atomic mass is 19.1. The van der Waals surface area contributed by atoms with Crippen LogP contribution in [-0.2, 0) is 14.4 Å². The van der Waals surface area contributed by atoms with Crippen LogP contribution in [0.1, 0.15) is 17.9 Å². The first kappa shape index (κ1) is 13.0. The molecule has 1 atom stereocenters. The standard InChI is InChI=1S/C12H10FNO2.CO2/c13-10-5-11-7(1-2-16-11)3-9(10)8-4-12(15)14-6-8;2-1-3/h1-3,5,8H,4,6H2,(H,14,15);/t8-;/m0./s1. The Hall–Kier alpha value is -2.46. The Bertz CT molecular complexity index is 643. The van der Waals surface area contributed by atoms with Crippen LogP contribution >= 0.6 is 0 Å². The highest BCUT2D eigenvalue weighted by molar-refractivity contribution is 5.81. The van der Waals surface area contributed by atoms with Gasteiger partial charge in [0, 0.05) is 30.3 Å². The van der Waals surface area contributed by atoms with Crippen molar-refractivity contribution in [2.24, 2.45) is 0 Å². The number of hydrogen-bond acceptors (Lipinski definition) is 4. The van der Waals surface area contributed by atoms with Crippen molar-refractivity contribution in [3.8, 4) is 0 Å². The lowest BCUT2D eigenvalue weighted by molar-refractivity contribution is -0.191. The van der Waals surface area contributed by atoms with E-state index in [2.05, 4.69) is 5.32 Å². The van der Waals surface area contributed by atoms with Crippen LogP contribution in [0.25, 0.3) is 11.0 Å². The van der Waals surface area contributed by atoms with E-state index in [9.17, 15) is 9.18 Å². The first-order valence-corrected chi connectivity index (χ1v) is 5.58. The number of benzene rings is 1. The summed E-state index contributed by atoms with van der Waals surface area (Å²) in [5, 5.41) is 3.58. The molecule has 1 fully saturated rings. The summed E-state index contributed by atoms with van der Waals surface area (Å²) in [5.74, 6) is -0.382. The molecule has 98 valence electrons. The zero-order valence-electron chi connectivity index (χ0n) is 9.81. The van der Waals surface area contributed by atoms with Crippen molar-refractivity contribution in [3.63, 3.8) is 0 Å². The van der Waals surface area contributed by atoms with E-state index in [1.165, 1.54) is 12.3 Å². The van der Waals surface area contributed by atoms with Gasteiger partial charge in [-0.25, -0.2) is 4.39 Å². The van der Waals surface area contributed by atoms with Crippen LogP contribution in [0.15, 0.2) is 28.9 Å². The fourth-order valence-electron chi connectivity index (χ4n) is 2.14. The minimum absolute atomic E-state index is 0.0170. The summed E-state index contributed by atoms with van der Waals surface area (Å²) >= 11 is 0. The summed E-state index contributed by atoms with van der Waals surface area (Å²) in [6.07, 6.45) is 2.15. The lowest BCUT2D eigenvalue weighted by Crippen LogP contribution is -2.13. The van der Waals surface area contributed by atoms with Gasteiger partial charge in [0.05, 0.1) is 6.26 Å². The summed E-state index contributed by atoms with van der Waals surface area (Å²) in [6.45, 7) is 0.513. The van der Waals surface area contributed by atoms with Crippen LogP contribution in [0.5, 0.6) is 0 Å². The van der Waals surface area contributed by atoms with E-state index < -0.39 is 0 Å². The maximum atomic E-state index is 13.8. The zero-order valence-corrected chi connectivity index (χ0v) is 9.81. The molecule has 0 aliphatic carbocycles. The van der Waals surface area contributed by atoms with Crippen LogP contribution in [-0.4, -0.2) is 18.6 Å². The van der Waals surface area contributed by atoms with Crippen molar-refractivity contribution in [1.29, 1.82) is 0 Å². The molecule has 19 heavy (non-hydrogen) atoms. The van der Waals surface area contributed by atoms with Gasteiger partial charge >= 0.3 is 6.15 Å². The average Bonchev–Trinajstić information content (AvgIpc) is 2.97. The molecule has 1 aromatic heterocycles. The second-order valence-electron chi connectivity index (χ2n) is 4.12. The molecule has 1 aliphatic rings. The van der Waals surface area contributed by atoms with E-state index in [1.54, 1.807) is 12.1 Å². The van der Waals surface area contributed by atoms with Gasteiger partial charge in [0.15, 0.2) is 0 Å². The first-order chi connectivity index (χ1) is 9.15. The van der Waals surface area contributed by atoms with E-state index in [0.29, 0.717) is 24.1 Å². The summed E-state index contributed by atoms with van der Waals surface area (Å²) < 4.78 is 18.9. The molecule has 0 saturated carbocycles. The monoisotopic (exact) mass is 263 g/mol. The minimum Gasteiger partial charge on any atom is -0.464 e. The Kier molecular flexibility index (Phi) is 3.73. The van der Waals surface area contributed by atoms with E-state index in [-0.39, 0.29) is 23.8 Å². The highest BCUT2D eigenvalue weighted by Crippen LogP contribution is 2.29. The molecular formula is C13H10FNO4. The van der Waals surface area contributed by atoms with Crippen molar-refractivity contribution >= 4 is 23.0 Å². The lowest BCUT2D eigenvalue weighted by atomic mass is 9.96. The molecule has 5 nitrogen and oxygen atoms in total. The quantitative estimate of drug-likeness (QED) is 0.847. The normalized spacial score (nSPS) is 17.5. The van der Waals surface area contributed by atoms with Gasteiger partial charge in [-0.3, -0.25) is 4.79 Å². The third kappa shape index (κ3) is 2.69. The number of halogens is 1. The van der Waals surface area contributed by atoms with Gasteiger partial charge in [0.25, 0.3) is 0 Å². The van der Waals surface area contributed by atoms with Crippen molar-refractivity contribution in [2.45, 2.75) is 12.3 Å². The van der Waals surface area contributed by atoms with Crippen molar-refractivity contribution in [3.05, 3.63) is 35.8 Å². The van der Waals surface area contributed by atoms with Gasteiger partial charge in [0.2, 0.25) is 5.91 Å². The second kappa shape index (κ2) is 5.46. The molecule has 1 amide bonds. The van der Waals surface area contributed by atoms with E-state index >= 15 is 0 Å². The summed E-state index contributed by atoms with van der Waals surface area (Å²) in [7, 11) is 0. The molecule has 3 rings (SSSR count). The number of carbonyl (C=O) groups excluding carboxylic acids is 3. The van der Waals surface area contributed by atoms with Gasteiger partial charge in [-0.15, -0.1) is 0 Å². The molecule has 6 heteroatoms. The van der Waals surface area contributed by atoms with E-state index in [4.69, 9.17) is 14.0 Å². The Labute approximate surface area is 107 Å². The number of nitrogens with one attached hydrogen (secondary N) is 1. The van der Waals surface area contributed by atoms with E-state index in [0.717, 1.165) is 5.39 Å². The van der Waals surface area contributed by atoms with Crippen molar-refractivity contribution in [1.82, 2.24) is 5.32 Å². The van der Waals surface area contributed by atoms with Gasteiger partial charge in [-0.05, 0) is 17.7 Å². The maximum absolute atomic E-state index is 13.8. The molecule has 2 heterocycles. The van der Waals surface area contributed by atoms with Crippen LogP contribution < -0.4 is 5.32 Å². The largest absolute Gasteiger partial charge is 0.464 e. The number of hydrogen-bond donors (Lipinski definition) is 1. The van der Waals surface area contributed by atoms with Gasteiger partial charge < -0.3 is 9.73 Å². The molecule has 2 aromatic rings. The number of furan rings is 1. The molecule has 1 aliphatic heterocycles. The zero-order chi connectivity index (χ0) is 13.8. The predicted octanol–water partition coefficient (Wildman–Crippen LogP) is 1.59. The molecule has 0 unspecified atom stereocenters. The fourth-order valence-corrected chi connectivity index (χ4v) is 2.14. The van der Waals surface area contributed by atoms with Crippen LogP contribution in [0.2, 0.25) is 0 Å². The van der Waals surface area contributed by atoms with Crippen molar-refractivity contribution in [2.75, 3.05) is 6.54 Å². The third-order valence-corrected chi connectivity index (χ3v) is 2.99. The Morgan fingerprint density at radius 3 is 2.74 bits per heavy atom. The highest BCUT2D eigenvalue weighted by Gasteiger charge is 2.25. The lowest BCUT2D eigenvalue weighted by Gasteiger charge is -2.08. The van der Waals surface area contributed by atoms with Crippen LogP contribution in [0.3, 0.4) is 0 Å². The molecule has 1 saturated heterocycles. The van der Waals surface area contributed by atoms with Gasteiger partial charge in [0.1, 0.15) is 11.4 Å². The molecule has 1 N–H and O–H groups in total. The third-order valence-electron chi connectivity index (χ3n) is 2.99. The minimum atomic E-state index is -0.302. The average molecular weight is 263 g/mol. The number of carbonyl (C=O) groups is 1. The number of fused-ring (bicyclic) bond motifs is 1. The van der Waals surface area contributed by atoms with Crippen molar-refractivity contribution < 1.29 is 23.2 Å². The molecule has 1 aromatic carbocycles. The Balaban J connectivity index is 0.000000408. The molecule has 0 spiro atoms. The van der Waals surface area contributed by atoms with E-state index in [1.807, 2.05) is 0 Å². The topological polar surface area (TPSA) is 76.4 Å². The SMILES string of the molecule is O=C1C[C@H](c2cc3ccoc3cc2F)CN1.O=C=O. The smallest absolute Gasteiger partial charge is 0.373 e. The van der Waals surface area contributed by atoms with Gasteiger partial charge in [-0.2, -0.15) is 9.59 Å². The summed E-state index contributed by atoms with van der Waals surface area (Å²) in [4.78, 5) is 27.3. The van der Waals surface area contributed by atoms with Crippen LogP contribution in [0, 0.1) is 5.82 Å². The molecule has 0 radical (unpaired) electrons. The molecule has 0 bridgehead atoms. The summed E-state index contributed by atoms with van der Waals surface area (Å²) in [5.41, 5.74) is 1.13. The molecular weight excluding hydrogens is 253 g/mol. The second-order valence-corrected chi connectivity index (χ2v) is 4.12. The Morgan fingerprint density at radius 1 is 1.37 bits per heavy atom. The predicted molar refractivity (Wildman–Crippen MR) is 61.5 cm³/mol. The number of rotatable bonds is 1. The van der Waals surface area contributed by atoms with Gasteiger partial charge in [-0.1, -0.05) is 0 Å². The number of amides is 1. The Morgan fingerprint density at radius 2 is 2.11 bits per heavy atom. The summed E-state index contributed by atoms with van der Waals surface area (Å²) in [6, 6.07) is 4.94. The van der Waals surface area contributed by atoms with Crippen LogP contribution in [0.4, 0.5) is 4.39 Å². The first-order valence-electron chi connectivity index (χ1n) is 5.58.